The van der Waals surface area contributed by atoms with Crippen LogP contribution in [0.15, 0.2) is 41.2 Å². The van der Waals surface area contributed by atoms with Crippen molar-refractivity contribution in [3.63, 3.8) is 0 Å². The lowest BCUT2D eigenvalue weighted by atomic mass is 9.83. The van der Waals surface area contributed by atoms with Crippen LogP contribution in [0.2, 0.25) is 0 Å². The Labute approximate surface area is 170 Å². The maximum Gasteiger partial charge on any atom is 0.260 e. The molecule has 6 nitrogen and oxygen atoms in total. The minimum absolute atomic E-state index is 0.00127. The van der Waals surface area contributed by atoms with E-state index >= 15 is 0 Å². The minimum Gasteiger partial charge on any atom is -0.483 e. The van der Waals surface area contributed by atoms with Crippen molar-refractivity contribution in [3.05, 3.63) is 58.0 Å². The quantitative estimate of drug-likeness (QED) is 0.803. The van der Waals surface area contributed by atoms with Gasteiger partial charge in [-0.15, -0.1) is 0 Å². The zero-order valence-electron chi connectivity index (χ0n) is 16.9. The number of para-hydroxylation sites is 1. The molecule has 6 heteroatoms. The van der Waals surface area contributed by atoms with E-state index in [0.717, 1.165) is 29.8 Å². The predicted octanol–water partition coefficient (Wildman–Crippen LogP) is 2.59. The van der Waals surface area contributed by atoms with Crippen molar-refractivity contribution < 1.29 is 14.3 Å². The summed E-state index contributed by atoms with van der Waals surface area (Å²) in [6.45, 7) is 6.11. The molecule has 0 saturated carbocycles. The van der Waals surface area contributed by atoms with Gasteiger partial charge in [-0.3, -0.25) is 9.59 Å². The molecule has 2 aromatic rings. The van der Waals surface area contributed by atoms with Crippen molar-refractivity contribution in [3.8, 4) is 11.5 Å². The maximum absolute atomic E-state index is 12.9. The van der Waals surface area contributed by atoms with Crippen LogP contribution < -0.4 is 15.0 Å². The topological polar surface area (TPSA) is 60.8 Å². The first kappa shape index (κ1) is 18.3. The Kier molecular flexibility index (Phi) is 4.19. The number of carbonyl (C=O) groups is 1. The second kappa shape index (κ2) is 6.65. The summed E-state index contributed by atoms with van der Waals surface area (Å²) in [6, 6.07) is 11.3. The number of ether oxygens (including phenoxy) is 2. The summed E-state index contributed by atoms with van der Waals surface area (Å²) < 4.78 is 13.8. The molecule has 29 heavy (non-hydrogen) atoms. The van der Waals surface area contributed by atoms with Crippen LogP contribution >= 0.6 is 0 Å². The van der Waals surface area contributed by atoms with Gasteiger partial charge >= 0.3 is 0 Å². The van der Waals surface area contributed by atoms with Crippen LogP contribution in [0.25, 0.3) is 0 Å². The highest BCUT2D eigenvalue weighted by Crippen LogP contribution is 2.42. The molecule has 0 spiro atoms. The first-order chi connectivity index (χ1) is 13.9. The Hall–Kier alpha value is -2.76. The Morgan fingerprint density at radius 1 is 1.17 bits per heavy atom. The Bertz CT molecular complexity index is 1030. The third kappa shape index (κ3) is 3.30. The Morgan fingerprint density at radius 3 is 2.86 bits per heavy atom. The lowest BCUT2D eigenvalue weighted by molar-refractivity contribution is -0.136. The zero-order chi connectivity index (χ0) is 20.2. The van der Waals surface area contributed by atoms with Crippen LogP contribution in [0.5, 0.6) is 11.5 Å². The van der Waals surface area contributed by atoms with E-state index in [0.29, 0.717) is 31.3 Å². The molecule has 0 aliphatic carbocycles. The first-order valence-corrected chi connectivity index (χ1v) is 10.3. The number of likely N-dealkylation sites (tertiary alicyclic amines) is 1. The van der Waals surface area contributed by atoms with E-state index in [9.17, 15) is 9.59 Å². The maximum atomic E-state index is 12.9. The number of piperidine rings is 1. The third-order valence-electron chi connectivity index (χ3n) is 6.24. The van der Waals surface area contributed by atoms with Crippen molar-refractivity contribution >= 4 is 5.91 Å². The minimum atomic E-state index is -0.248. The molecule has 3 aliphatic rings. The highest BCUT2D eigenvalue weighted by molar-refractivity contribution is 5.78. The number of aromatic nitrogens is 1. The molecule has 5 rings (SSSR count). The molecule has 152 valence electrons. The fourth-order valence-corrected chi connectivity index (χ4v) is 5.03. The summed E-state index contributed by atoms with van der Waals surface area (Å²) in [5.41, 5.74) is 1.97. The molecule has 2 atom stereocenters. The highest BCUT2D eigenvalue weighted by Gasteiger charge is 2.37. The fourth-order valence-electron chi connectivity index (χ4n) is 5.03. The molecule has 2 unspecified atom stereocenters. The van der Waals surface area contributed by atoms with Crippen molar-refractivity contribution in [1.29, 1.82) is 0 Å². The lowest BCUT2D eigenvalue weighted by Gasteiger charge is -2.42. The van der Waals surface area contributed by atoms with Crippen LogP contribution in [0.1, 0.15) is 37.4 Å². The molecule has 0 radical (unpaired) electrons. The average molecular weight is 394 g/mol. The second-order valence-corrected chi connectivity index (χ2v) is 9.07. The number of nitrogens with zero attached hydrogens (tertiary/aromatic N) is 2. The van der Waals surface area contributed by atoms with E-state index in [1.807, 2.05) is 39.8 Å². The summed E-state index contributed by atoms with van der Waals surface area (Å²) in [5.74, 6) is 1.91. The summed E-state index contributed by atoms with van der Waals surface area (Å²) in [5, 5.41) is 0. The third-order valence-corrected chi connectivity index (χ3v) is 6.24. The molecule has 4 heterocycles. The van der Waals surface area contributed by atoms with Gasteiger partial charge in [-0.2, -0.15) is 0 Å². The molecule has 1 amide bonds. The molecule has 1 saturated heterocycles. The fraction of sp³-hybridized carbons (Fsp3) is 0.478. The number of carbonyl (C=O) groups excluding carboxylic acids is 1. The number of fused-ring (bicyclic) bond motifs is 5. The lowest BCUT2D eigenvalue weighted by Crippen LogP contribution is -2.50. The summed E-state index contributed by atoms with van der Waals surface area (Å²) in [4.78, 5) is 27.0. The van der Waals surface area contributed by atoms with Crippen LogP contribution in [0, 0.1) is 5.92 Å². The summed E-state index contributed by atoms with van der Waals surface area (Å²) in [6.07, 6.45) is 1.87. The Balaban J connectivity index is 1.28. The van der Waals surface area contributed by atoms with E-state index < -0.39 is 0 Å². The normalized spacial score (nSPS) is 23.7. The summed E-state index contributed by atoms with van der Waals surface area (Å²) in [7, 11) is 0. The van der Waals surface area contributed by atoms with Crippen molar-refractivity contribution in [2.45, 2.75) is 44.8 Å². The molecule has 1 fully saturated rings. The molecule has 2 bridgehead atoms. The number of pyridine rings is 1. The monoisotopic (exact) mass is 394 g/mol. The van der Waals surface area contributed by atoms with Crippen LogP contribution in [0.3, 0.4) is 0 Å². The predicted molar refractivity (Wildman–Crippen MR) is 108 cm³/mol. The molecular weight excluding hydrogens is 368 g/mol. The Morgan fingerprint density at radius 2 is 2.00 bits per heavy atom. The average Bonchev–Trinajstić information content (AvgIpc) is 3.01. The largest absolute Gasteiger partial charge is 0.483 e. The number of rotatable bonds is 3. The number of hydrogen-bond donors (Lipinski definition) is 0. The second-order valence-electron chi connectivity index (χ2n) is 9.07. The number of amides is 1. The van der Waals surface area contributed by atoms with Gasteiger partial charge in [-0.25, -0.2) is 0 Å². The smallest absolute Gasteiger partial charge is 0.260 e. The van der Waals surface area contributed by atoms with Crippen LogP contribution in [-0.4, -0.2) is 40.7 Å². The van der Waals surface area contributed by atoms with Crippen LogP contribution in [-0.2, 0) is 17.8 Å². The van der Waals surface area contributed by atoms with Gasteiger partial charge in [0.05, 0.1) is 0 Å². The molecule has 1 aromatic carbocycles. The van der Waals surface area contributed by atoms with E-state index in [-0.39, 0.29) is 29.6 Å². The SMILES string of the molecule is CC1(C)Cc2cccc(OCC(=O)N3CC4CC(C3)c3cccc(=O)n3C4)c2O1. The molecule has 1 aromatic heterocycles. The van der Waals surface area contributed by atoms with Gasteiger partial charge < -0.3 is 18.9 Å². The van der Waals surface area contributed by atoms with Crippen molar-refractivity contribution in [1.82, 2.24) is 9.47 Å². The van der Waals surface area contributed by atoms with E-state index in [1.165, 1.54) is 0 Å². The van der Waals surface area contributed by atoms with Gasteiger partial charge in [0.25, 0.3) is 11.5 Å². The molecular formula is C23H26N2O4. The van der Waals surface area contributed by atoms with Crippen LogP contribution in [0.4, 0.5) is 0 Å². The van der Waals surface area contributed by atoms with Gasteiger partial charge in [0.2, 0.25) is 0 Å². The summed E-state index contributed by atoms with van der Waals surface area (Å²) >= 11 is 0. The number of benzene rings is 1. The number of hydrogen-bond acceptors (Lipinski definition) is 4. The van der Waals surface area contributed by atoms with Crippen molar-refractivity contribution in [2.24, 2.45) is 5.92 Å². The van der Waals surface area contributed by atoms with E-state index in [1.54, 1.807) is 6.07 Å². The van der Waals surface area contributed by atoms with Crippen molar-refractivity contribution in [2.75, 3.05) is 19.7 Å². The molecule has 0 N–H and O–H groups in total. The van der Waals surface area contributed by atoms with E-state index in [4.69, 9.17) is 9.47 Å². The first-order valence-electron chi connectivity index (χ1n) is 10.3. The van der Waals surface area contributed by atoms with Gasteiger partial charge in [-0.1, -0.05) is 18.2 Å². The highest BCUT2D eigenvalue weighted by atomic mass is 16.5. The standard InChI is InChI=1S/C23H26N2O4/c1-23(2)10-16-5-3-7-19(22(16)29-23)28-14-21(27)24-11-15-9-17(13-24)18-6-4-8-20(26)25(18)12-15/h3-8,15,17H,9-14H2,1-2H3. The van der Waals surface area contributed by atoms with E-state index in [2.05, 4.69) is 13.8 Å². The van der Waals surface area contributed by atoms with Gasteiger partial charge in [-0.05, 0) is 38.3 Å². The zero-order valence-corrected chi connectivity index (χ0v) is 16.9. The van der Waals surface area contributed by atoms with Gasteiger partial charge in [0.1, 0.15) is 5.60 Å². The van der Waals surface area contributed by atoms with Gasteiger partial charge in [0.15, 0.2) is 18.1 Å². The van der Waals surface area contributed by atoms with Gasteiger partial charge in [0, 0.05) is 49.3 Å². The molecule has 3 aliphatic heterocycles.